The van der Waals surface area contributed by atoms with Gasteiger partial charge in [0.2, 0.25) is 5.91 Å². The summed E-state index contributed by atoms with van der Waals surface area (Å²) in [5, 5.41) is 8.54. The quantitative estimate of drug-likeness (QED) is 0.650. The monoisotopic (exact) mass is 226 g/mol. The second-order valence-electron chi connectivity index (χ2n) is 3.39. The first-order valence-corrected chi connectivity index (χ1v) is 4.75. The van der Waals surface area contributed by atoms with E-state index in [0.717, 1.165) is 5.69 Å². The Labute approximate surface area is 92.3 Å². The minimum atomic E-state index is -0.867. The van der Waals surface area contributed by atoms with E-state index in [1.165, 1.54) is 0 Å². The number of urea groups is 1. The van der Waals surface area contributed by atoms with E-state index in [2.05, 4.69) is 10.5 Å². The zero-order valence-corrected chi connectivity index (χ0v) is 9.11. The highest BCUT2D eigenvalue weighted by Crippen LogP contribution is 2.01. The average Bonchev–Trinajstić information content (AvgIpc) is 2.59. The predicted octanol–water partition coefficient (Wildman–Crippen LogP) is -0.344. The first-order valence-electron chi connectivity index (χ1n) is 4.75. The van der Waals surface area contributed by atoms with Gasteiger partial charge in [0, 0.05) is 6.07 Å². The van der Waals surface area contributed by atoms with E-state index in [1.807, 2.05) is 5.32 Å². The molecule has 1 aromatic rings. The van der Waals surface area contributed by atoms with Gasteiger partial charge < -0.3 is 10.3 Å². The normalized spacial score (nSPS) is 12.1. The summed E-state index contributed by atoms with van der Waals surface area (Å²) >= 11 is 0. The Bertz CT molecular complexity index is 388. The fourth-order valence-electron chi connectivity index (χ4n) is 1.08. The van der Waals surface area contributed by atoms with Crippen LogP contribution in [-0.4, -0.2) is 23.1 Å². The number of rotatable bonds is 4. The van der Waals surface area contributed by atoms with E-state index >= 15 is 0 Å². The van der Waals surface area contributed by atoms with Gasteiger partial charge in [0.1, 0.15) is 0 Å². The predicted molar refractivity (Wildman–Crippen MR) is 55.3 cm³/mol. The van der Waals surface area contributed by atoms with E-state index in [9.17, 15) is 9.59 Å². The number of primary amides is 1. The number of carbonyl (C=O) groups excluding carboxylic acids is 2. The van der Waals surface area contributed by atoms with Crippen molar-refractivity contribution in [2.45, 2.75) is 26.4 Å². The van der Waals surface area contributed by atoms with Crippen LogP contribution in [0.3, 0.4) is 0 Å². The molecule has 88 valence electrons. The van der Waals surface area contributed by atoms with E-state index in [4.69, 9.17) is 10.3 Å². The molecule has 0 aliphatic carbocycles. The van der Waals surface area contributed by atoms with Crippen LogP contribution in [0, 0.1) is 6.92 Å². The van der Waals surface area contributed by atoms with Crippen molar-refractivity contribution in [3.63, 3.8) is 0 Å². The van der Waals surface area contributed by atoms with Gasteiger partial charge in [-0.25, -0.2) is 4.79 Å². The van der Waals surface area contributed by atoms with Gasteiger partial charge in [-0.2, -0.15) is 0 Å². The van der Waals surface area contributed by atoms with Gasteiger partial charge >= 0.3 is 6.03 Å². The molecule has 7 heteroatoms. The molecule has 0 fully saturated rings. The number of hydrogen-bond donors (Lipinski definition) is 3. The standard InChI is InChI=1S/C9H14N4O3/c1-5-3-7(16-13-5)4-11-6(2)8(14)12-9(10)15/h3,6,11H,4H2,1-2H3,(H3,10,12,14,15). The van der Waals surface area contributed by atoms with Gasteiger partial charge in [-0.3, -0.25) is 15.4 Å². The van der Waals surface area contributed by atoms with Gasteiger partial charge in [0.25, 0.3) is 0 Å². The average molecular weight is 226 g/mol. The highest BCUT2D eigenvalue weighted by atomic mass is 16.5. The number of amides is 3. The van der Waals surface area contributed by atoms with Crippen molar-refractivity contribution in [3.05, 3.63) is 17.5 Å². The summed E-state index contributed by atoms with van der Waals surface area (Å²) in [5.74, 6) is 0.139. The lowest BCUT2D eigenvalue weighted by atomic mass is 10.3. The molecule has 0 radical (unpaired) electrons. The van der Waals surface area contributed by atoms with Crippen LogP contribution in [0.5, 0.6) is 0 Å². The van der Waals surface area contributed by atoms with Gasteiger partial charge in [-0.1, -0.05) is 5.16 Å². The molecule has 0 saturated heterocycles. The van der Waals surface area contributed by atoms with Crippen LogP contribution in [0.2, 0.25) is 0 Å². The summed E-state index contributed by atoms with van der Waals surface area (Å²) in [5.41, 5.74) is 5.58. The number of nitrogens with zero attached hydrogens (tertiary/aromatic N) is 1. The van der Waals surface area contributed by atoms with Crippen LogP contribution in [0.1, 0.15) is 18.4 Å². The molecule has 0 aliphatic rings. The molecule has 0 bridgehead atoms. The number of nitrogens with two attached hydrogens (primary N) is 1. The van der Waals surface area contributed by atoms with Crippen molar-refractivity contribution in [3.8, 4) is 0 Å². The smallest absolute Gasteiger partial charge is 0.318 e. The number of aromatic nitrogens is 1. The van der Waals surface area contributed by atoms with Gasteiger partial charge in [0.15, 0.2) is 5.76 Å². The maximum Gasteiger partial charge on any atom is 0.318 e. The molecule has 4 N–H and O–H groups in total. The van der Waals surface area contributed by atoms with E-state index < -0.39 is 18.0 Å². The Hall–Kier alpha value is -1.89. The topological polar surface area (TPSA) is 110 Å². The van der Waals surface area contributed by atoms with Crippen LogP contribution in [0.25, 0.3) is 0 Å². The summed E-state index contributed by atoms with van der Waals surface area (Å²) < 4.78 is 4.94. The van der Waals surface area contributed by atoms with Crippen LogP contribution in [0.4, 0.5) is 4.79 Å². The molecule has 7 nitrogen and oxygen atoms in total. The summed E-state index contributed by atoms with van der Waals surface area (Å²) in [4.78, 5) is 21.7. The summed E-state index contributed by atoms with van der Waals surface area (Å²) in [6, 6.07) is 0.346. The Morgan fingerprint density at radius 1 is 1.62 bits per heavy atom. The highest BCUT2D eigenvalue weighted by Gasteiger charge is 2.14. The molecule has 3 amide bonds. The van der Waals surface area contributed by atoms with Crippen LogP contribution in [0.15, 0.2) is 10.6 Å². The molecule has 0 saturated carbocycles. The van der Waals surface area contributed by atoms with Crippen molar-refractivity contribution in [1.82, 2.24) is 15.8 Å². The lowest BCUT2D eigenvalue weighted by molar-refractivity contribution is -0.121. The third-order valence-corrected chi connectivity index (χ3v) is 1.90. The maximum atomic E-state index is 11.3. The second-order valence-corrected chi connectivity index (χ2v) is 3.39. The largest absolute Gasteiger partial charge is 0.360 e. The molecule has 16 heavy (non-hydrogen) atoms. The second kappa shape index (κ2) is 5.26. The van der Waals surface area contributed by atoms with Crippen molar-refractivity contribution in [1.29, 1.82) is 0 Å². The first-order chi connectivity index (χ1) is 7.49. The molecule has 1 unspecified atom stereocenters. The molecule has 0 aromatic carbocycles. The summed E-state index contributed by atoms with van der Waals surface area (Å²) in [6.07, 6.45) is 0. The molecule has 0 spiro atoms. The number of hydrogen-bond acceptors (Lipinski definition) is 5. The molecule has 0 aliphatic heterocycles. The Balaban J connectivity index is 2.37. The fourth-order valence-corrected chi connectivity index (χ4v) is 1.08. The molecule has 1 aromatic heterocycles. The number of carbonyl (C=O) groups is 2. The number of aryl methyl sites for hydroxylation is 1. The molecular weight excluding hydrogens is 212 g/mol. The van der Waals surface area contributed by atoms with E-state index in [-0.39, 0.29) is 0 Å². The molecule has 1 atom stereocenters. The first kappa shape index (κ1) is 12.2. The van der Waals surface area contributed by atoms with E-state index in [1.54, 1.807) is 19.9 Å². The molecular formula is C9H14N4O3. The summed E-state index contributed by atoms with van der Waals surface area (Å²) in [6.45, 7) is 3.77. The molecule has 1 rings (SSSR count). The van der Waals surface area contributed by atoms with Crippen LogP contribution < -0.4 is 16.4 Å². The third kappa shape index (κ3) is 3.70. The fraction of sp³-hybridized carbons (Fsp3) is 0.444. The van der Waals surface area contributed by atoms with Crippen LogP contribution in [-0.2, 0) is 11.3 Å². The Kier molecular flexibility index (Phi) is 4.01. The van der Waals surface area contributed by atoms with Crippen molar-refractivity contribution < 1.29 is 14.1 Å². The Morgan fingerprint density at radius 3 is 2.81 bits per heavy atom. The van der Waals surface area contributed by atoms with Crippen molar-refractivity contribution >= 4 is 11.9 Å². The minimum Gasteiger partial charge on any atom is -0.360 e. The maximum absolute atomic E-state index is 11.3. The van der Waals surface area contributed by atoms with E-state index in [0.29, 0.717) is 12.3 Å². The number of nitrogens with one attached hydrogen (secondary N) is 2. The third-order valence-electron chi connectivity index (χ3n) is 1.90. The lowest BCUT2D eigenvalue weighted by Gasteiger charge is -2.10. The molecule has 1 heterocycles. The summed E-state index contributed by atoms with van der Waals surface area (Å²) in [7, 11) is 0. The number of imide groups is 1. The van der Waals surface area contributed by atoms with Gasteiger partial charge in [-0.05, 0) is 13.8 Å². The highest BCUT2D eigenvalue weighted by molar-refractivity contribution is 5.96. The van der Waals surface area contributed by atoms with Crippen molar-refractivity contribution in [2.75, 3.05) is 0 Å². The zero-order valence-electron chi connectivity index (χ0n) is 9.11. The van der Waals surface area contributed by atoms with Crippen LogP contribution >= 0.6 is 0 Å². The van der Waals surface area contributed by atoms with Crippen molar-refractivity contribution in [2.24, 2.45) is 5.73 Å². The van der Waals surface area contributed by atoms with Gasteiger partial charge in [0.05, 0.1) is 18.3 Å². The van der Waals surface area contributed by atoms with Gasteiger partial charge in [-0.15, -0.1) is 0 Å². The Morgan fingerprint density at radius 2 is 2.31 bits per heavy atom. The zero-order chi connectivity index (χ0) is 12.1. The SMILES string of the molecule is Cc1cc(CNC(C)C(=O)NC(N)=O)on1. The minimum absolute atomic E-state index is 0.355. The lowest BCUT2D eigenvalue weighted by Crippen LogP contribution is -2.46.